The molecule has 5 nitrogen and oxygen atoms in total. The maximum absolute atomic E-state index is 12.5. The molecule has 0 unspecified atom stereocenters. The number of benzene rings is 1. The minimum Gasteiger partial charge on any atom is -0.268 e. The number of aryl methyl sites for hydroxylation is 1. The highest BCUT2D eigenvalue weighted by Gasteiger charge is 2.22. The van der Waals surface area contributed by atoms with Crippen LogP contribution in [0.2, 0.25) is 4.34 Å². The van der Waals surface area contributed by atoms with Crippen LogP contribution in [0.1, 0.15) is 16.1 Å². The molecular weight excluding hydrogens is 436 g/mol. The molecule has 9 heteroatoms. The minimum atomic E-state index is -3.97. The maximum Gasteiger partial charge on any atom is 0.273 e. The summed E-state index contributed by atoms with van der Waals surface area (Å²) in [7, 11) is -3.97. The summed E-state index contributed by atoms with van der Waals surface area (Å²) < 4.78 is 27.8. The normalized spacial score (nSPS) is 11.6. The second-order valence-corrected chi connectivity index (χ2v) is 9.51. The van der Waals surface area contributed by atoms with Crippen LogP contribution in [0.5, 0.6) is 0 Å². The monoisotopic (exact) mass is 444 g/mol. The molecule has 2 aromatic heterocycles. The van der Waals surface area contributed by atoms with Crippen molar-refractivity contribution in [3.05, 3.63) is 56.5 Å². The Hall–Kier alpha value is -1.48. The maximum atomic E-state index is 12.5. The lowest BCUT2D eigenvalue weighted by Crippen LogP contribution is -2.30. The number of nitrogens with zero attached hydrogens (tertiary/aromatic N) is 1. The average molecular weight is 446 g/mol. The van der Waals surface area contributed by atoms with Gasteiger partial charge in [-0.15, -0.1) is 11.3 Å². The Kier molecular flexibility index (Phi) is 4.65. The first-order chi connectivity index (χ1) is 11.3. The lowest BCUT2D eigenvalue weighted by molar-refractivity contribution is 0.0983. The molecule has 0 aliphatic rings. The van der Waals surface area contributed by atoms with Crippen LogP contribution >= 0.6 is 38.9 Å². The van der Waals surface area contributed by atoms with Gasteiger partial charge in [-0.05, 0) is 37.3 Å². The van der Waals surface area contributed by atoms with E-state index in [2.05, 4.69) is 25.6 Å². The Morgan fingerprint density at radius 2 is 2.00 bits per heavy atom. The van der Waals surface area contributed by atoms with Crippen molar-refractivity contribution < 1.29 is 13.2 Å². The fourth-order valence-electron chi connectivity index (χ4n) is 2.19. The van der Waals surface area contributed by atoms with Crippen molar-refractivity contribution in [1.29, 1.82) is 0 Å². The third-order valence-electron chi connectivity index (χ3n) is 3.19. The van der Waals surface area contributed by atoms with Crippen molar-refractivity contribution in [2.75, 3.05) is 0 Å². The van der Waals surface area contributed by atoms with Crippen LogP contribution in [0.4, 0.5) is 0 Å². The molecule has 0 saturated carbocycles. The number of aromatic nitrogens is 1. The molecule has 0 saturated heterocycles. The fraction of sp³-hybridized carbons (Fsp3) is 0.0667. The van der Waals surface area contributed by atoms with Crippen LogP contribution in [0.3, 0.4) is 0 Å². The van der Waals surface area contributed by atoms with Gasteiger partial charge in [0.25, 0.3) is 15.9 Å². The Balaban J connectivity index is 2.03. The number of fused-ring (bicyclic) bond motifs is 1. The van der Waals surface area contributed by atoms with Crippen LogP contribution in [0, 0.1) is 6.92 Å². The third-order valence-corrected chi connectivity index (χ3v) is 6.73. The van der Waals surface area contributed by atoms with Crippen molar-refractivity contribution >= 4 is 65.7 Å². The standard InChI is InChI=1S/C15H10BrClN2O3S2/c1-8-6-11(10-3-2-9(16)7-12(10)18-8)15(20)19-24(21,22)14-5-4-13(17)23-14/h2-7H,1H3,(H,19,20). The number of sulfonamides is 1. The van der Waals surface area contributed by atoms with E-state index < -0.39 is 15.9 Å². The topological polar surface area (TPSA) is 76.1 Å². The number of pyridine rings is 1. The van der Waals surface area contributed by atoms with E-state index in [-0.39, 0.29) is 9.77 Å². The molecule has 1 N–H and O–H groups in total. The van der Waals surface area contributed by atoms with Gasteiger partial charge in [0.2, 0.25) is 0 Å². The Bertz CT molecular complexity index is 1060. The van der Waals surface area contributed by atoms with Crippen LogP contribution < -0.4 is 4.72 Å². The molecule has 0 aliphatic heterocycles. The van der Waals surface area contributed by atoms with Gasteiger partial charge in [-0.2, -0.15) is 0 Å². The number of rotatable bonds is 3. The van der Waals surface area contributed by atoms with Crippen LogP contribution in [0.15, 0.2) is 45.1 Å². The van der Waals surface area contributed by atoms with Crippen molar-refractivity contribution in [2.24, 2.45) is 0 Å². The van der Waals surface area contributed by atoms with Crippen LogP contribution in [-0.4, -0.2) is 19.3 Å². The lowest BCUT2D eigenvalue weighted by atomic mass is 10.1. The van der Waals surface area contributed by atoms with Gasteiger partial charge in [0, 0.05) is 15.6 Å². The number of hydrogen-bond acceptors (Lipinski definition) is 5. The van der Waals surface area contributed by atoms with Gasteiger partial charge in [-0.3, -0.25) is 9.78 Å². The molecule has 0 spiro atoms. The average Bonchev–Trinajstić information content (AvgIpc) is 2.93. The van der Waals surface area contributed by atoms with Crippen molar-refractivity contribution in [1.82, 2.24) is 9.71 Å². The van der Waals surface area contributed by atoms with Crippen LogP contribution in [-0.2, 0) is 10.0 Å². The zero-order valence-electron chi connectivity index (χ0n) is 12.2. The Morgan fingerprint density at radius 1 is 1.25 bits per heavy atom. The Morgan fingerprint density at radius 3 is 2.67 bits per heavy atom. The molecule has 0 atom stereocenters. The molecule has 3 rings (SSSR count). The molecule has 3 aromatic rings. The van der Waals surface area contributed by atoms with Crippen molar-refractivity contribution in [2.45, 2.75) is 11.1 Å². The van der Waals surface area contributed by atoms with Gasteiger partial charge in [0.1, 0.15) is 4.21 Å². The number of hydrogen-bond donors (Lipinski definition) is 1. The van der Waals surface area contributed by atoms with Crippen molar-refractivity contribution in [3.63, 3.8) is 0 Å². The molecule has 24 heavy (non-hydrogen) atoms. The van der Waals surface area contributed by atoms with E-state index in [0.717, 1.165) is 15.8 Å². The number of amides is 1. The van der Waals surface area contributed by atoms with E-state index >= 15 is 0 Å². The van der Waals surface area contributed by atoms with E-state index in [1.54, 1.807) is 31.2 Å². The molecule has 0 radical (unpaired) electrons. The van der Waals surface area contributed by atoms with E-state index in [4.69, 9.17) is 11.6 Å². The van der Waals surface area contributed by atoms with Gasteiger partial charge in [0.15, 0.2) is 0 Å². The van der Waals surface area contributed by atoms with Crippen molar-refractivity contribution in [3.8, 4) is 0 Å². The van der Waals surface area contributed by atoms with Gasteiger partial charge in [0.05, 0.1) is 15.4 Å². The fourth-order valence-corrected chi connectivity index (χ4v) is 4.99. The summed E-state index contributed by atoms with van der Waals surface area (Å²) in [6.07, 6.45) is 0. The second-order valence-electron chi connectivity index (χ2n) is 4.97. The van der Waals surface area contributed by atoms with E-state index in [0.29, 0.717) is 20.9 Å². The first-order valence-corrected chi connectivity index (χ1v) is 10.1. The summed E-state index contributed by atoms with van der Waals surface area (Å²) in [6, 6.07) is 9.64. The van der Waals surface area contributed by atoms with E-state index in [1.165, 1.54) is 12.1 Å². The molecule has 0 aliphatic carbocycles. The highest BCUT2D eigenvalue weighted by molar-refractivity contribution is 9.10. The number of carbonyl (C=O) groups is 1. The summed E-state index contributed by atoms with van der Waals surface area (Å²) in [5.41, 5.74) is 1.46. The zero-order chi connectivity index (χ0) is 17.5. The first-order valence-electron chi connectivity index (χ1n) is 6.66. The third kappa shape index (κ3) is 3.46. The van der Waals surface area contributed by atoms with Gasteiger partial charge >= 0.3 is 0 Å². The highest BCUT2D eigenvalue weighted by Crippen LogP contribution is 2.26. The minimum absolute atomic E-state index is 0.0151. The summed E-state index contributed by atoms with van der Waals surface area (Å²) >= 11 is 10.00. The number of carbonyl (C=O) groups excluding carboxylic acids is 1. The smallest absolute Gasteiger partial charge is 0.268 e. The molecule has 1 aromatic carbocycles. The predicted molar refractivity (Wildman–Crippen MR) is 98.2 cm³/mol. The lowest BCUT2D eigenvalue weighted by Gasteiger charge is -2.09. The predicted octanol–water partition coefficient (Wildman–Crippen LogP) is 4.14. The second kappa shape index (κ2) is 6.44. The summed E-state index contributed by atoms with van der Waals surface area (Å²) in [5.74, 6) is -0.711. The quantitative estimate of drug-likeness (QED) is 0.657. The molecule has 1 amide bonds. The molecule has 0 fully saturated rings. The number of thiophene rings is 1. The largest absolute Gasteiger partial charge is 0.273 e. The van der Waals surface area contributed by atoms with Gasteiger partial charge in [-0.25, -0.2) is 13.1 Å². The summed E-state index contributed by atoms with van der Waals surface area (Å²) in [5, 5.41) is 0.570. The SMILES string of the molecule is Cc1cc(C(=O)NS(=O)(=O)c2ccc(Cl)s2)c2ccc(Br)cc2n1. The highest BCUT2D eigenvalue weighted by atomic mass is 79.9. The molecule has 0 bridgehead atoms. The van der Waals surface area contributed by atoms with E-state index in [9.17, 15) is 13.2 Å². The van der Waals surface area contributed by atoms with Gasteiger partial charge < -0.3 is 0 Å². The molecule has 124 valence electrons. The molecular formula is C15H10BrClN2O3S2. The zero-order valence-corrected chi connectivity index (χ0v) is 16.2. The van der Waals surface area contributed by atoms with Gasteiger partial charge in [-0.1, -0.05) is 33.6 Å². The number of nitrogens with one attached hydrogen (secondary N) is 1. The first kappa shape index (κ1) is 17.3. The summed E-state index contributed by atoms with van der Waals surface area (Å²) in [4.78, 5) is 16.9. The van der Waals surface area contributed by atoms with E-state index in [1.807, 2.05) is 0 Å². The molecule has 2 heterocycles. The number of halogens is 2. The van der Waals surface area contributed by atoms with Crippen LogP contribution in [0.25, 0.3) is 10.9 Å². The summed E-state index contributed by atoms with van der Waals surface area (Å²) in [6.45, 7) is 1.74. The Labute approximate surface area is 155 Å².